The summed E-state index contributed by atoms with van der Waals surface area (Å²) in [5.74, 6) is 0.943. The molecule has 0 spiro atoms. The fraction of sp³-hybridized carbons (Fsp3) is 0.179. The number of furan rings is 1. The summed E-state index contributed by atoms with van der Waals surface area (Å²) in [7, 11) is 0. The van der Waals surface area contributed by atoms with Gasteiger partial charge in [0.25, 0.3) is 0 Å². The number of nitrogens with two attached hydrogens (primary N) is 1. The predicted octanol–water partition coefficient (Wildman–Crippen LogP) is 5.21. The van der Waals surface area contributed by atoms with E-state index >= 15 is 0 Å². The molecule has 0 radical (unpaired) electrons. The van der Waals surface area contributed by atoms with E-state index in [1.165, 1.54) is 0 Å². The largest absolute Gasteiger partial charge is 0.489 e. The van der Waals surface area contributed by atoms with Crippen LogP contribution < -0.4 is 21.1 Å². The maximum Gasteiger partial charge on any atom is 0.217 e. The van der Waals surface area contributed by atoms with Gasteiger partial charge in [-0.05, 0) is 60.2 Å². The van der Waals surface area contributed by atoms with Crippen LogP contribution in [0.4, 0.5) is 11.4 Å². The average Bonchev–Trinajstić information content (AvgIpc) is 3.62. The van der Waals surface area contributed by atoms with Crippen molar-refractivity contribution in [2.45, 2.75) is 18.7 Å². The first-order chi connectivity index (χ1) is 17.7. The third-order valence-electron chi connectivity index (χ3n) is 6.12. The molecule has 1 saturated heterocycles. The molecule has 1 atom stereocenters. The smallest absolute Gasteiger partial charge is 0.217 e. The van der Waals surface area contributed by atoms with Crippen LogP contribution in [0.2, 0.25) is 0 Å². The van der Waals surface area contributed by atoms with Crippen molar-refractivity contribution in [3.05, 3.63) is 102 Å². The Morgan fingerprint density at radius 3 is 2.58 bits per heavy atom. The van der Waals surface area contributed by atoms with Crippen molar-refractivity contribution in [3.63, 3.8) is 0 Å². The van der Waals surface area contributed by atoms with Crippen molar-refractivity contribution in [2.75, 3.05) is 23.8 Å². The van der Waals surface area contributed by atoms with Gasteiger partial charge in [0.05, 0.1) is 19.6 Å². The third kappa shape index (κ3) is 4.57. The van der Waals surface area contributed by atoms with Gasteiger partial charge in [-0.2, -0.15) is 0 Å². The molecule has 0 bridgehead atoms. The molecule has 182 valence electrons. The monoisotopic (exact) mass is 482 g/mol. The lowest BCUT2D eigenvalue weighted by Crippen LogP contribution is -2.45. The Balaban J connectivity index is 1.20. The Morgan fingerprint density at radius 1 is 0.972 bits per heavy atom. The van der Waals surface area contributed by atoms with Crippen LogP contribution in [0.5, 0.6) is 5.75 Å². The van der Waals surface area contributed by atoms with Crippen LogP contribution in [0.1, 0.15) is 23.2 Å². The first-order valence-electron chi connectivity index (χ1n) is 11.8. The van der Waals surface area contributed by atoms with Crippen molar-refractivity contribution < 1.29 is 18.6 Å². The molecule has 36 heavy (non-hydrogen) atoms. The number of fused-ring (bicyclic) bond motifs is 1. The van der Waals surface area contributed by atoms with E-state index in [0.29, 0.717) is 31.3 Å². The Kier molecular flexibility index (Phi) is 5.90. The van der Waals surface area contributed by atoms with Gasteiger partial charge >= 0.3 is 0 Å². The first-order valence-corrected chi connectivity index (χ1v) is 11.8. The zero-order valence-electron chi connectivity index (χ0n) is 19.5. The molecule has 1 unspecified atom stereocenters. The molecule has 8 heteroatoms. The number of nitrogens with zero attached hydrogens (tertiary/aromatic N) is 1. The second kappa shape index (κ2) is 9.50. The minimum absolute atomic E-state index is 0.461. The van der Waals surface area contributed by atoms with Crippen LogP contribution in [0.15, 0.2) is 94.3 Å². The Labute approximate surface area is 208 Å². The molecule has 2 aliphatic rings. The summed E-state index contributed by atoms with van der Waals surface area (Å²) in [4.78, 5) is 4.53. The summed E-state index contributed by atoms with van der Waals surface area (Å²) < 4.78 is 23.0. The molecule has 1 aromatic heterocycles. The van der Waals surface area contributed by atoms with Crippen molar-refractivity contribution in [2.24, 2.45) is 10.7 Å². The number of nitrogens with one attached hydrogen (secondary N) is 2. The van der Waals surface area contributed by atoms with Gasteiger partial charge in [-0.3, -0.25) is 5.73 Å². The fourth-order valence-corrected chi connectivity index (χ4v) is 4.26. The topological polar surface area (TPSA) is 103 Å². The third-order valence-corrected chi connectivity index (χ3v) is 6.12. The predicted molar refractivity (Wildman–Crippen MR) is 138 cm³/mol. The minimum atomic E-state index is -1.17. The summed E-state index contributed by atoms with van der Waals surface area (Å²) in [5.41, 5.74) is 11.2. The number of hydrogen-bond acceptors (Lipinski definition) is 8. The number of hydrogen-bond donors (Lipinski definition) is 3. The van der Waals surface area contributed by atoms with Gasteiger partial charge in [-0.25, -0.2) is 4.99 Å². The number of rotatable bonds is 7. The van der Waals surface area contributed by atoms with E-state index in [0.717, 1.165) is 33.8 Å². The summed E-state index contributed by atoms with van der Waals surface area (Å²) >= 11 is 0. The van der Waals surface area contributed by atoms with Crippen LogP contribution in [-0.2, 0) is 21.9 Å². The highest BCUT2D eigenvalue weighted by Crippen LogP contribution is 2.36. The molecule has 1 fully saturated rings. The zero-order chi connectivity index (χ0) is 24.4. The molecular formula is C28H26N4O4. The van der Waals surface area contributed by atoms with E-state index in [1.54, 1.807) is 6.34 Å². The molecular weight excluding hydrogens is 456 g/mol. The van der Waals surface area contributed by atoms with Gasteiger partial charge in [0, 0.05) is 22.5 Å². The molecule has 3 aromatic carbocycles. The van der Waals surface area contributed by atoms with Gasteiger partial charge in [0.1, 0.15) is 18.1 Å². The zero-order valence-corrected chi connectivity index (χ0v) is 19.5. The van der Waals surface area contributed by atoms with Crippen LogP contribution in [0.25, 0.3) is 11.3 Å². The maximum atomic E-state index is 6.78. The SMILES string of the molecule is NC1(Nc2ccc(OCc3ccccc3)cc2)N=CNc2ccc(-c3ccc(C4OCCO4)o3)cc21. The van der Waals surface area contributed by atoms with Crippen LogP contribution in [0.3, 0.4) is 0 Å². The number of benzene rings is 3. The summed E-state index contributed by atoms with van der Waals surface area (Å²) in [6.45, 7) is 1.63. The molecule has 0 saturated carbocycles. The highest BCUT2D eigenvalue weighted by Gasteiger charge is 2.32. The Bertz CT molecular complexity index is 1360. The van der Waals surface area contributed by atoms with E-state index in [1.807, 2.05) is 84.9 Å². The second-order valence-corrected chi connectivity index (χ2v) is 8.63. The maximum absolute atomic E-state index is 6.78. The lowest BCUT2D eigenvalue weighted by Gasteiger charge is -2.32. The van der Waals surface area contributed by atoms with E-state index in [2.05, 4.69) is 15.6 Å². The Morgan fingerprint density at radius 2 is 1.78 bits per heavy atom. The summed E-state index contributed by atoms with van der Waals surface area (Å²) in [6, 6.07) is 27.4. The number of aliphatic imine (C=N–C) groups is 1. The molecule has 4 N–H and O–H groups in total. The van der Waals surface area contributed by atoms with Crippen molar-refractivity contribution >= 4 is 17.7 Å². The number of ether oxygens (including phenoxy) is 3. The van der Waals surface area contributed by atoms with Gasteiger partial charge in [0.2, 0.25) is 12.1 Å². The van der Waals surface area contributed by atoms with Gasteiger partial charge < -0.3 is 29.3 Å². The van der Waals surface area contributed by atoms with Gasteiger partial charge in [-0.15, -0.1) is 0 Å². The van der Waals surface area contributed by atoms with Gasteiger partial charge in [-0.1, -0.05) is 30.3 Å². The van der Waals surface area contributed by atoms with Crippen LogP contribution >= 0.6 is 0 Å². The Hall–Kier alpha value is -4.11. The first kappa shape index (κ1) is 22.4. The molecule has 2 aliphatic heterocycles. The van der Waals surface area contributed by atoms with Crippen molar-refractivity contribution in [1.82, 2.24) is 0 Å². The highest BCUT2D eigenvalue weighted by atomic mass is 16.7. The average molecular weight is 483 g/mol. The highest BCUT2D eigenvalue weighted by molar-refractivity contribution is 5.83. The molecule has 0 amide bonds. The molecule has 3 heterocycles. The number of anilines is 2. The molecule has 6 rings (SSSR count). The van der Waals surface area contributed by atoms with E-state index < -0.39 is 12.1 Å². The second-order valence-electron chi connectivity index (χ2n) is 8.63. The molecule has 0 aliphatic carbocycles. The van der Waals surface area contributed by atoms with Crippen molar-refractivity contribution in [3.8, 4) is 17.1 Å². The lowest BCUT2D eigenvalue weighted by molar-refractivity contribution is -0.0585. The van der Waals surface area contributed by atoms with Crippen LogP contribution in [-0.4, -0.2) is 19.6 Å². The minimum Gasteiger partial charge on any atom is -0.489 e. The quantitative estimate of drug-likeness (QED) is 0.311. The summed E-state index contributed by atoms with van der Waals surface area (Å²) in [6.07, 6.45) is 1.14. The van der Waals surface area contributed by atoms with E-state index in [9.17, 15) is 0 Å². The van der Waals surface area contributed by atoms with E-state index in [-0.39, 0.29) is 0 Å². The molecule has 4 aromatic rings. The van der Waals surface area contributed by atoms with Crippen molar-refractivity contribution in [1.29, 1.82) is 0 Å². The van der Waals surface area contributed by atoms with E-state index in [4.69, 9.17) is 24.4 Å². The molecule has 8 nitrogen and oxygen atoms in total. The normalized spacial score (nSPS) is 19.0. The lowest BCUT2D eigenvalue weighted by atomic mass is 10.00. The van der Waals surface area contributed by atoms with Crippen LogP contribution in [0, 0.1) is 0 Å². The summed E-state index contributed by atoms with van der Waals surface area (Å²) in [5, 5.41) is 6.53. The fourth-order valence-electron chi connectivity index (χ4n) is 4.26. The standard InChI is InChI=1S/C28H26N4O4/c29-28(32-21-7-9-22(10-8-21)35-17-19-4-2-1-3-5-19)23-16-20(6-11-24(23)30-18-31-28)25-12-13-26(36-25)27-33-14-15-34-27/h1-13,16,18,27,32H,14-15,17,29H2,(H,30,31). The van der Waals surface area contributed by atoms with Gasteiger partial charge in [0.15, 0.2) is 5.76 Å².